The van der Waals surface area contributed by atoms with E-state index in [-0.39, 0.29) is 5.41 Å². The van der Waals surface area contributed by atoms with Crippen molar-refractivity contribution in [2.45, 2.75) is 19.3 Å². The van der Waals surface area contributed by atoms with Crippen LogP contribution >= 0.6 is 0 Å². The lowest BCUT2D eigenvalue weighted by Crippen LogP contribution is -2.14. The highest BCUT2D eigenvalue weighted by Gasteiger charge is 2.36. The number of nitrogens with zero attached hydrogens (tertiary/aromatic N) is 2. The second kappa shape index (κ2) is 11.3. The number of rotatable bonds is 4. The molecular weight excluding hydrogens is 617 g/mol. The molecule has 0 aliphatic heterocycles. The molecule has 2 heteroatoms. The van der Waals surface area contributed by atoms with Gasteiger partial charge < -0.3 is 0 Å². The minimum atomic E-state index is -0.105. The standard InChI is InChI=1S/C49H34N2/c1-49(2)42-25-13-12-23-39(42)47-40(24-14-26-43(47)49)45-30-44(50-48(51-45)32-16-4-3-5-17-32)36-21-10-11-22-37(36)46-35-20-9-7-18-33(35)29-41-34-19-8-6-15-31(34)27-28-38(41)46/h3-30H,1-2H3. The summed E-state index contributed by atoms with van der Waals surface area (Å²) in [6.45, 7) is 4.66. The normalized spacial score (nSPS) is 13.1. The van der Waals surface area contributed by atoms with Crippen molar-refractivity contribution >= 4 is 32.3 Å². The van der Waals surface area contributed by atoms with Crippen molar-refractivity contribution in [3.05, 3.63) is 181 Å². The van der Waals surface area contributed by atoms with Crippen LogP contribution in [0.3, 0.4) is 0 Å². The van der Waals surface area contributed by atoms with Crippen molar-refractivity contribution in [3.8, 4) is 56.2 Å². The lowest BCUT2D eigenvalue weighted by atomic mass is 9.82. The Bertz CT molecular complexity index is 2830. The lowest BCUT2D eigenvalue weighted by molar-refractivity contribution is 0.660. The highest BCUT2D eigenvalue weighted by Crippen LogP contribution is 2.52. The molecule has 10 rings (SSSR count). The number of fused-ring (bicyclic) bond motifs is 7. The monoisotopic (exact) mass is 650 g/mol. The largest absolute Gasteiger partial charge is 0.228 e. The molecule has 1 heterocycles. The Balaban J connectivity index is 1.27. The van der Waals surface area contributed by atoms with Crippen LogP contribution < -0.4 is 0 Å². The smallest absolute Gasteiger partial charge is 0.160 e. The van der Waals surface area contributed by atoms with E-state index >= 15 is 0 Å². The van der Waals surface area contributed by atoms with Crippen molar-refractivity contribution in [2.24, 2.45) is 0 Å². The van der Waals surface area contributed by atoms with Gasteiger partial charge in [0.25, 0.3) is 0 Å². The van der Waals surface area contributed by atoms with E-state index in [2.05, 4.69) is 178 Å². The highest BCUT2D eigenvalue weighted by atomic mass is 14.9. The molecule has 8 aromatic carbocycles. The van der Waals surface area contributed by atoms with Crippen LogP contribution in [0.5, 0.6) is 0 Å². The van der Waals surface area contributed by atoms with Crippen LogP contribution in [0.2, 0.25) is 0 Å². The van der Waals surface area contributed by atoms with Gasteiger partial charge in [0.15, 0.2) is 5.82 Å². The van der Waals surface area contributed by atoms with Gasteiger partial charge in [0.1, 0.15) is 0 Å². The van der Waals surface area contributed by atoms with E-state index in [0.29, 0.717) is 0 Å². The third-order valence-electron chi connectivity index (χ3n) is 10.9. The molecule has 240 valence electrons. The molecule has 0 atom stereocenters. The van der Waals surface area contributed by atoms with Gasteiger partial charge in [-0.3, -0.25) is 0 Å². The minimum Gasteiger partial charge on any atom is -0.228 e. The zero-order chi connectivity index (χ0) is 34.1. The van der Waals surface area contributed by atoms with Gasteiger partial charge in [0.05, 0.1) is 11.4 Å². The number of aromatic nitrogens is 2. The molecule has 0 fully saturated rings. The topological polar surface area (TPSA) is 25.8 Å². The van der Waals surface area contributed by atoms with Gasteiger partial charge in [-0.15, -0.1) is 0 Å². The summed E-state index contributed by atoms with van der Waals surface area (Å²) in [4.78, 5) is 10.7. The first-order valence-electron chi connectivity index (χ1n) is 17.7. The zero-order valence-corrected chi connectivity index (χ0v) is 28.6. The fourth-order valence-corrected chi connectivity index (χ4v) is 8.44. The van der Waals surface area contributed by atoms with Crippen molar-refractivity contribution in [2.75, 3.05) is 0 Å². The molecule has 51 heavy (non-hydrogen) atoms. The summed E-state index contributed by atoms with van der Waals surface area (Å²) in [6.07, 6.45) is 0. The van der Waals surface area contributed by atoms with E-state index in [1.807, 2.05) is 6.07 Å². The van der Waals surface area contributed by atoms with E-state index < -0.39 is 0 Å². The maximum Gasteiger partial charge on any atom is 0.160 e. The van der Waals surface area contributed by atoms with Gasteiger partial charge in [0, 0.05) is 22.1 Å². The Hall–Kier alpha value is -6.38. The van der Waals surface area contributed by atoms with E-state index in [4.69, 9.17) is 9.97 Å². The molecule has 0 bridgehead atoms. The third-order valence-corrected chi connectivity index (χ3v) is 10.9. The molecule has 0 amide bonds. The second-order valence-electron chi connectivity index (χ2n) is 14.1. The fourth-order valence-electron chi connectivity index (χ4n) is 8.44. The Labute approximate surface area is 297 Å². The predicted molar refractivity (Wildman–Crippen MR) is 214 cm³/mol. The summed E-state index contributed by atoms with van der Waals surface area (Å²) >= 11 is 0. The molecule has 2 nitrogen and oxygen atoms in total. The molecule has 0 saturated heterocycles. The van der Waals surface area contributed by atoms with Crippen LogP contribution in [-0.4, -0.2) is 9.97 Å². The number of hydrogen-bond acceptors (Lipinski definition) is 2. The van der Waals surface area contributed by atoms with Gasteiger partial charge in [-0.2, -0.15) is 0 Å². The summed E-state index contributed by atoms with van der Waals surface area (Å²) in [7, 11) is 0. The first-order valence-corrected chi connectivity index (χ1v) is 17.7. The van der Waals surface area contributed by atoms with Gasteiger partial charge in [-0.05, 0) is 77.8 Å². The molecule has 1 aromatic heterocycles. The Morgan fingerprint density at radius 1 is 0.373 bits per heavy atom. The minimum absolute atomic E-state index is 0.105. The third kappa shape index (κ3) is 4.57. The average Bonchev–Trinajstić information content (AvgIpc) is 3.43. The van der Waals surface area contributed by atoms with Crippen molar-refractivity contribution in [1.82, 2.24) is 9.97 Å². The number of benzene rings is 8. The van der Waals surface area contributed by atoms with Crippen molar-refractivity contribution in [3.63, 3.8) is 0 Å². The SMILES string of the molecule is CC1(C)c2ccccc2-c2c(-c3cc(-c4ccccc4-c4c5ccccc5cc5c4ccc4ccccc45)nc(-c4ccccc4)n3)cccc21. The fraction of sp³-hybridized carbons (Fsp3) is 0.0612. The summed E-state index contributed by atoms with van der Waals surface area (Å²) in [6, 6.07) is 61.2. The van der Waals surface area contributed by atoms with E-state index in [1.54, 1.807) is 0 Å². The summed E-state index contributed by atoms with van der Waals surface area (Å²) in [5, 5.41) is 7.44. The maximum absolute atomic E-state index is 5.35. The highest BCUT2D eigenvalue weighted by molar-refractivity contribution is 6.21. The zero-order valence-electron chi connectivity index (χ0n) is 28.6. The Kier molecular flexibility index (Phi) is 6.56. The quantitative estimate of drug-likeness (QED) is 0.140. The molecular formula is C49H34N2. The molecule has 0 spiro atoms. The Morgan fingerprint density at radius 2 is 0.980 bits per heavy atom. The van der Waals surface area contributed by atoms with Gasteiger partial charge in [0.2, 0.25) is 0 Å². The van der Waals surface area contributed by atoms with Crippen LogP contribution in [0.25, 0.3) is 88.5 Å². The molecule has 0 N–H and O–H groups in total. The van der Waals surface area contributed by atoms with Gasteiger partial charge in [-0.1, -0.05) is 172 Å². The van der Waals surface area contributed by atoms with Crippen LogP contribution in [0, 0.1) is 0 Å². The summed E-state index contributed by atoms with van der Waals surface area (Å²) in [5.41, 5.74) is 12.5. The summed E-state index contributed by atoms with van der Waals surface area (Å²) < 4.78 is 0. The van der Waals surface area contributed by atoms with Crippen LogP contribution in [0.4, 0.5) is 0 Å². The molecule has 0 radical (unpaired) electrons. The number of hydrogen-bond donors (Lipinski definition) is 0. The van der Waals surface area contributed by atoms with E-state index in [1.165, 1.54) is 60.1 Å². The van der Waals surface area contributed by atoms with Crippen LogP contribution in [0.15, 0.2) is 170 Å². The van der Waals surface area contributed by atoms with E-state index in [9.17, 15) is 0 Å². The lowest BCUT2D eigenvalue weighted by Gasteiger charge is -2.21. The van der Waals surface area contributed by atoms with Crippen molar-refractivity contribution in [1.29, 1.82) is 0 Å². The van der Waals surface area contributed by atoms with Crippen LogP contribution in [-0.2, 0) is 5.41 Å². The molecule has 1 aliphatic rings. The second-order valence-corrected chi connectivity index (χ2v) is 14.1. The maximum atomic E-state index is 5.35. The first kappa shape index (κ1) is 29.5. The van der Waals surface area contributed by atoms with Gasteiger partial charge >= 0.3 is 0 Å². The average molecular weight is 651 g/mol. The first-order chi connectivity index (χ1) is 25.1. The van der Waals surface area contributed by atoms with Gasteiger partial charge in [-0.25, -0.2) is 9.97 Å². The van der Waals surface area contributed by atoms with E-state index in [0.717, 1.165) is 39.5 Å². The van der Waals surface area contributed by atoms with Crippen molar-refractivity contribution < 1.29 is 0 Å². The predicted octanol–water partition coefficient (Wildman–Crippen LogP) is 12.9. The molecule has 0 unspecified atom stereocenters. The van der Waals surface area contributed by atoms with Crippen LogP contribution in [0.1, 0.15) is 25.0 Å². The summed E-state index contributed by atoms with van der Waals surface area (Å²) in [5.74, 6) is 0.717. The molecule has 9 aromatic rings. The Morgan fingerprint density at radius 3 is 1.80 bits per heavy atom. The molecule has 1 aliphatic carbocycles. The molecule has 0 saturated carbocycles.